The van der Waals surface area contributed by atoms with Crippen LogP contribution in [-0.2, 0) is 19.6 Å². The summed E-state index contributed by atoms with van der Waals surface area (Å²) in [7, 11) is 0. The quantitative estimate of drug-likeness (QED) is 0.853. The monoisotopic (exact) mass is 242 g/mol. The number of hydrogen-bond acceptors (Lipinski definition) is 4. The van der Waals surface area contributed by atoms with Gasteiger partial charge in [-0.15, -0.1) is 10.2 Å². The number of hydrogen-bond donors (Lipinski definition) is 1. The number of rotatable bonds is 2. The van der Waals surface area contributed by atoms with Gasteiger partial charge in [0.2, 0.25) is 0 Å². The lowest BCUT2D eigenvalue weighted by atomic mass is 10.1. The second-order valence-corrected chi connectivity index (χ2v) is 4.60. The number of H-pyrrole nitrogens is 1. The molecule has 0 unspecified atom stereocenters. The lowest BCUT2D eigenvalue weighted by Gasteiger charge is -2.12. The molecular weight excluding hydrogens is 228 g/mol. The Hall–Kier alpha value is -2.01. The average molecular weight is 242 g/mol. The highest BCUT2D eigenvalue weighted by atomic mass is 16.1. The van der Waals surface area contributed by atoms with Gasteiger partial charge in [-0.2, -0.15) is 0 Å². The SMILES string of the molecule is Cc1nnc(CN2Cc3ccccc3C2)c(=O)[nH]1. The first-order valence-electron chi connectivity index (χ1n) is 5.94. The van der Waals surface area contributed by atoms with Crippen molar-refractivity contribution in [1.82, 2.24) is 20.1 Å². The molecule has 1 aromatic heterocycles. The molecule has 0 bridgehead atoms. The van der Waals surface area contributed by atoms with Crippen LogP contribution in [0, 0.1) is 6.92 Å². The Bertz CT molecular complexity index is 610. The molecular formula is C13H14N4O. The molecule has 0 saturated carbocycles. The number of aromatic amines is 1. The molecule has 0 saturated heterocycles. The van der Waals surface area contributed by atoms with E-state index in [1.54, 1.807) is 6.92 Å². The van der Waals surface area contributed by atoms with E-state index in [-0.39, 0.29) is 5.56 Å². The fourth-order valence-electron chi connectivity index (χ4n) is 2.27. The summed E-state index contributed by atoms with van der Waals surface area (Å²) in [5.41, 5.74) is 3.00. The summed E-state index contributed by atoms with van der Waals surface area (Å²) in [4.78, 5) is 16.6. The van der Waals surface area contributed by atoms with Gasteiger partial charge < -0.3 is 4.98 Å². The van der Waals surface area contributed by atoms with Gasteiger partial charge in [0.25, 0.3) is 5.56 Å². The first-order chi connectivity index (χ1) is 8.72. The average Bonchev–Trinajstić information content (AvgIpc) is 2.75. The molecule has 18 heavy (non-hydrogen) atoms. The van der Waals surface area contributed by atoms with Crippen molar-refractivity contribution in [2.45, 2.75) is 26.6 Å². The molecule has 1 aliphatic rings. The maximum atomic E-state index is 11.7. The summed E-state index contributed by atoms with van der Waals surface area (Å²) < 4.78 is 0. The van der Waals surface area contributed by atoms with Crippen LogP contribution in [0.2, 0.25) is 0 Å². The minimum absolute atomic E-state index is 0.140. The molecule has 3 rings (SSSR count). The number of benzene rings is 1. The van der Waals surface area contributed by atoms with Gasteiger partial charge in [0.05, 0.1) is 0 Å². The minimum atomic E-state index is -0.140. The van der Waals surface area contributed by atoms with Gasteiger partial charge in [-0.25, -0.2) is 0 Å². The normalized spacial score (nSPS) is 14.7. The van der Waals surface area contributed by atoms with E-state index < -0.39 is 0 Å². The largest absolute Gasteiger partial charge is 0.308 e. The first-order valence-corrected chi connectivity index (χ1v) is 5.94. The number of fused-ring (bicyclic) bond motifs is 1. The van der Waals surface area contributed by atoms with Crippen molar-refractivity contribution in [3.05, 3.63) is 57.3 Å². The Balaban J connectivity index is 1.78. The number of aryl methyl sites for hydroxylation is 1. The molecule has 1 N–H and O–H groups in total. The van der Waals surface area contributed by atoms with Crippen LogP contribution in [0.3, 0.4) is 0 Å². The molecule has 2 heterocycles. The van der Waals surface area contributed by atoms with Gasteiger partial charge >= 0.3 is 0 Å². The Morgan fingerprint density at radius 1 is 1.22 bits per heavy atom. The molecule has 0 fully saturated rings. The van der Waals surface area contributed by atoms with Crippen LogP contribution in [0.25, 0.3) is 0 Å². The molecule has 5 heteroatoms. The van der Waals surface area contributed by atoms with Gasteiger partial charge in [0, 0.05) is 19.6 Å². The summed E-state index contributed by atoms with van der Waals surface area (Å²) in [6.07, 6.45) is 0. The zero-order valence-corrected chi connectivity index (χ0v) is 10.2. The van der Waals surface area contributed by atoms with Crippen molar-refractivity contribution in [3.63, 3.8) is 0 Å². The van der Waals surface area contributed by atoms with E-state index in [0.717, 1.165) is 13.1 Å². The molecule has 92 valence electrons. The molecule has 0 atom stereocenters. The fraction of sp³-hybridized carbons (Fsp3) is 0.308. The summed E-state index contributed by atoms with van der Waals surface area (Å²) >= 11 is 0. The van der Waals surface area contributed by atoms with Crippen LogP contribution in [0.5, 0.6) is 0 Å². The third-order valence-electron chi connectivity index (χ3n) is 3.16. The van der Waals surface area contributed by atoms with Crippen LogP contribution < -0.4 is 5.56 Å². The molecule has 2 aromatic rings. The van der Waals surface area contributed by atoms with Crippen molar-refractivity contribution in [3.8, 4) is 0 Å². The van der Waals surface area contributed by atoms with E-state index in [1.807, 2.05) is 12.1 Å². The van der Waals surface area contributed by atoms with E-state index in [0.29, 0.717) is 18.1 Å². The van der Waals surface area contributed by atoms with Crippen LogP contribution in [0.15, 0.2) is 29.1 Å². The number of nitrogens with one attached hydrogen (secondary N) is 1. The predicted molar refractivity (Wildman–Crippen MR) is 66.8 cm³/mol. The van der Waals surface area contributed by atoms with Crippen molar-refractivity contribution >= 4 is 0 Å². The maximum absolute atomic E-state index is 11.7. The van der Waals surface area contributed by atoms with Crippen molar-refractivity contribution in [2.75, 3.05) is 0 Å². The molecule has 1 aliphatic heterocycles. The zero-order valence-electron chi connectivity index (χ0n) is 10.2. The Labute approximate surface area is 104 Å². The van der Waals surface area contributed by atoms with Crippen LogP contribution >= 0.6 is 0 Å². The van der Waals surface area contributed by atoms with E-state index in [2.05, 4.69) is 32.2 Å². The smallest absolute Gasteiger partial charge is 0.274 e. The number of aromatic nitrogens is 3. The standard InChI is InChI=1S/C13H14N4O/c1-9-14-13(18)12(16-15-9)8-17-6-10-4-2-3-5-11(10)7-17/h2-5H,6-8H2,1H3,(H,14,15,18). The zero-order chi connectivity index (χ0) is 12.5. The van der Waals surface area contributed by atoms with Crippen LogP contribution in [0.1, 0.15) is 22.6 Å². The summed E-state index contributed by atoms with van der Waals surface area (Å²) in [6.45, 7) is 4.00. The predicted octanol–water partition coefficient (Wildman–Crippen LogP) is 0.989. The molecule has 5 nitrogen and oxygen atoms in total. The van der Waals surface area contributed by atoms with E-state index in [9.17, 15) is 4.79 Å². The molecule has 0 spiro atoms. The Morgan fingerprint density at radius 3 is 2.50 bits per heavy atom. The highest BCUT2D eigenvalue weighted by molar-refractivity contribution is 5.30. The third-order valence-corrected chi connectivity index (χ3v) is 3.16. The van der Waals surface area contributed by atoms with Gasteiger partial charge in [0.15, 0.2) is 0 Å². The van der Waals surface area contributed by atoms with Gasteiger partial charge in [-0.1, -0.05) is 24.3 Å². The van der Waals surface area contributed by atoms with Gasteiger partial charge in [0.1, 0.15) is 11.5 Å². The van der Waals surface area contributed by atoms with Crippen LogP contribution in [0.4, 0.5) is 0 Å². The lowest BCUT2D eigenvalue weighted by molar-refractivity contribution is 0.269. The molecule has 0 amide bonds. The van der Waals surface area contributed by atoms with E-state index in [4.69, 9.17) is 0 Å². The molecule has 0 aliphatic carbocycles. The third kappa shape index (κ3) is 2.04. The second-order valence-electron chi connectivity index (χ2n) is 4.60. The topological polar surface area (TPSA) is 61.9 Å². The maximum Gasteiger partial charge on any atom is 0.274 e. The first kappa shape index (κ1) is 11.1. The van der Waals surface area contributed by atoms with Crippen molar-refractivity contribution < 1.29 is 0 Å². The Morgan fingerprint density at radius 2 is 1.89 bits per heavy atom. The second kappa shape index (κ2) is 4.34. The highest BCUT2D eigenvalue weighted by Gasteiger charge is 2.19. The molecule has 1 aromatic carbocycles. The van der Waals surface area contributed by atoms with Gasteiger partial charge in [-0.3, -0.25) is 9.69 Å². The fourth-order valence-corrected chi connectivity index (χ4v) is 2.27. The van der Waals surface area contributed by atoms with Crippen LogP contribution in [-0.4, -0.2) is 20.1 Å². The van der Waals surface area contributed by atoms with Crippen molar-refractivity contribution in [1.29, 1.82) is 0 Å². The van der Waals surface area contributed by atoms with E-state index in [1.165, 1.54) is 11.1 Å². The van der Waals surface area contributed by atoms with Crippen molar-refractivity contribution in [2.24, 2.45) is 0 Å². The van der Waals surface area contributed by atoms with E-state index >= 15 is 0 Å². The summed E-state index contributed by atoms with van der Waals surface area (Å²) in [5.74, 6) is 0.549. The van der Waals surface area contributed by atoms with Gasteiger partial charge in [-0.05, 0) is 18.1 Å². The number of nitrogens with zero attached hydrogens (tertiary/aromatic N) is 3. The summed E-state index contributed by atoms with van der Waals surface area (Å²) in [6, 6.07) is 8.34. The Kier molecular flexibility index (Phi) is 2.68. The minimum Gasteiger partial charge on any atom is -0.308 e. The highest BCUT2D eigenvalue weighted by Crippen LogP contribution is 2.22. The lowest BCUT2D eigenvalue weighted by Crippen LogP contribution is -2.25. The molecule has 0 radical (unpaired) electrons. The summed E-state index contributed by atoms with van der Waals surface area (Å²) in [5, 5.41) is 7.87.